The van der Waals surface area contributed by atoms with Crippen LogP contribution in [0.15, 0.2) is 70.9 Å². The van der Waals surface area contributed by atoms with E-state index in [2.05, 4.69) is 4.72 Å². The molecule has 3 aromatic rings. The third-order valence-electron chi connectivity index (χ3n) is 5.19. The first-order valence-electron chi connectivity index (χ1n) is 10.0. The van der Waals surface area contributed by atoms with Crippen molar-refractivity contribution in [2.45, 2.75) is 36.9 Å². The molecule has 1 heterocycles. The van der Waals surface area contributed by atoms with Crippen LogP contribution in [0.2, 0.25) is 0 Å². The molecule has 0 radical (unpaired) electrons. The van der Waals surface area contributed by atoms with Crippen molar-refractivity contribution in [2.24, 2.45) is 0 Å². The predicted molar refractivity (Wildman–Crippen MR) is 121 cm³/mol. The van der Waals surface area contributed by atoms with Crippen molar-refractivity contribution in [3.63, 3.8) is 0 Å². The van der Waals surface area contributed by atoms with Gasteiger partial charge < -0.3 is 9.64 Å². The average molecular weight is 457 g/mol. The number of nitrogens with zero attached hydrogens (tertiary/aromatic N) is 1. The Labute approximate surface area is 186 Å². The Morgan fingerprint density at radius 1 is 1.13 bits per heavy atom. The first kappa shape index (κ1) is 21.5. The van der Waals surface area contributed by atoms with Crippen LogP contribution in [0.1, 0.15) is 33.6 Å². The van der Waals surface area contributed by atoms with Gasteiger partial charge in [-0.1, -0.05) is 30.3 Å². The summed E-state index contributed by atoms with van der Waals surface area (Å²) >= 11 is 1.49. The van der Waals surface area contributed by atoms with E-state index in [0.717, 1.165) is 29.0 Å². The van der Waals surface area contributed by atoms with Gasteiger partial charge in [-0.05, 0) is 48.6 Å². The van der Waals surface area contributed by atoms with E-state index in [4.69, 9.17) is 4.74 Å². The van der Waals surface area contributed by atoms with Gasteiger partial charge in [-0.2, -0.15) is 0 Å². The third-order valence-corrected chi connectivity index (χ3v) is 7.46. The topological polar surface area (TPSA) is 75.7 Å². The van der Waals surface area contributed by atoms with Crippen molar-refractivity contribution in [1.82, 2.24) is 9.62 Å². The van der Waals surface area contributed by atoms with E-state index >= 15 is 0 Å². The fourth-order valence-electron chi connectivity index (χ4n) is 3.39. The second-order valence-electron chi connectivity index (χ2n) is 7.41. The smallest absolute Gasteiger partial charge is 0.254 e. The molecule has 4 rings (SSSR count). The highest BCUT2D eigenvalue weighted by Crippen LogP contribution is 2.32. The zero-order valence-electron chi connectivity index (χ0n) is 17.2. The van der Waals surface area contributed by atoms with Gasteiger partial charge in [0.15, 0.2) is 0 Å². The second-order valence-corrected chi connectivity index (χ2v) is 10.2. The molecule has 1 aromatic heterocycles. The minimum atomic E-state index is -3.73. The standard InChI is InChI=1S/C23H24N2O4S2/c1-29-22-10-3-2-6-18(22)16-25(19-11-12-19)23(26)17-7-4-9-21(14-17)31(27,28)24-15-20-8-5-13-30-20/h2-10,13-14,19,24H,11-12,15-16H2,1H3. The molecule has 2 aromatic carbocycles. The summed E-state index contributed by atoms with van der Waals surface area (Å²) in [4.78, 5) is 16.1. The molecule has 162 valence electrons. The number of carbonyl (C=O) groups is 1. The van der Waals surface area contributed by atoms with Crippen LogP contribution < -0.4 is 9.46 Å². The highest BCUT2D eigenvalue weighted by Gasteiger charge is 2.34. The molecule has 0 bridgehead atoms. The lowest BCUT2D eigenvalue weighted by molar-refractivity contribution is 0.0728. The summed E-state index contributed by atoms with van der Waals surface area (Å²) in [6.45, 7) is 0.640. The molecule has 0 spiro atoms. The number of methoxy groups -OCH3 is 1. The largest absolute Gasteiger partial charge is 0.496 e. The van der Waals surface area contributed by atoms with Gasteiger partial charge in [0.1, 0.15) is 5.75 Å². The minimum absolute atomic E-state index is 0.0861. The lowest BCUT2D eigenvalue weighted by Crippen LogP contribution is -2.33. The maximum Gasteiger partial charge on any atom is 0.254 e. The molecule has 1 aliphatic rings. The van der Waals surface area contributed by atoms with E-state index < -0.39 is 10.0 Å². The van der Waals surface area contributed by atoms with Crippen LogP contribution in [0.3, 0.4) is 0 Å². The van der Waals surface area contributed by atoms with E-state index in [1.54, 1.807) is 19.2 Å². The van der Waals surface area contributed by atoms with Gasteiger partial charge >= 0.3 is 0 Å². The molecule has 0 atom stereocenters. The maximum absolute atomic E-state index is 13.3. The molecule has 1 amide bonds. The number of amides is 1. The van der Waals surface area contributed by atoms with E-state index in [-0.39, 0.29) is 23.4 Å². The highest BCUT2D eigenvalue weighted by atomic mass is 32.2. The summed E-state index contributed by atoms with van der Waals surface area (Å²) in [5.41, 5.74) is 1.28. The molecule has 1 N–H and O–H groups in total. The fraction of sp³-hybridized carbons (Fsp3) is 0.261. The number of sulfonamides is 1. The number of carbonyl (C=O) groups excluding carboxylic acids is 1. The van der Waals surface area contributed by atoms with E-state index in [9.17, 15) is 13.2 Å². The van der Waals surface area contributed by atoms with Crippen LogP contribution >= 0.6 is 11.3 Å². The van der Waals surface area contributed by atoms with E-state index in [1.165, 1.54) is 23.5 Å². The Morgan fingerprint density at radius 2 is 1.94 bits per heavy atom. The van der Waals surface area contributed by atoms with Crippen LogP contribution in [-0.2, 0) is 23.1 Å². The quantitative estimate of drug-likeness (QED) is 0.527. The Balaban J connectivity index is 1.54. The molecule has 0 unspecified atom stereocenters. The van der Waals surface area contributed by atoms with Crippen molar-refractivity contribution >= 4 is 27.3 Å². The van der Waals surface area contributed by atoms with Crippen LogP contribution in [-0.4, -0.2) is 32.4 Å². The van der Waals surface area contributed by atoms with Gasteiger partial charge in [0.25, 0.3) is 5.91 Å². The number of ether oxygens (including phenoxy) is 1. The number of para-hydroxylation sites is 1. The average Bonchev–Trinajstić information content (AvgIpc) is 3.50. The first-order valence-corrected chi connectivity index (χ1v) is 12.4. The first-order chi connectivity index (χ1) is 15.0. The van der Waals surface area contributed by atoms with Gasteiger partial charge in [-0.3, -0.25) is 4.79 Å². The summed E-state index contributed by atoms with van der Waals surface area (Å²) in [7, 11) is -2.12. The van der Waals surface area contributed by atoms with Crippen LogP contribution in [0.25, 0.3) is 0 Å². The Bertz CT molecular complexity index is 1160. The summed E-state index contributed by atoms with van der Waals surface area (Å²) in [5.74, 6) is 0.554. The summed E-state index contributed by atoms with van der Waals surface area (Å²) < 4.78 is 33.5. The fourth-order valence-corrected chi connectivity index (χ4v) is 5.18. The molecular weight excluding hydrogens is 432 g/mol. The summed E-state index contributed by atoms with van der Waals surface area (Å²) in [5, 5.41) is 1.90. The number of thiophene rings is 1. The predicted octanol–water partition coefficient (Wildman–Crippen LogP) is 4.04. The van der Waals surface area contributed by atoms with Gasteiger partial charge in [0.05, 0.1) is 12.0 Å². The van der Waals surface area contributed by atoms with Gasteiger partial charge in [-0.25, -0.2) is 13.1 Å². The Morgan fingerprint density at radius 3 is 2.65 bits per heavy atom. The zero-order valence-corrected chi connectivity index (χ0v) is 18.8. The lowest BCUT2D eigenvalue weighted by atomic mass is 10.1. The molecule has 0 aliphatic heterocycles. The molecule has 1 saturated carbocycles. The molecule has 6 nitrogen and oxygen atoms in total. The molecule has 0 saturated heterocycles. The zero-order chi connectivity index (χ0) is 21.8. The second kappa shape index (κ2) is 9.21. The SMILES string of the molecule is COc1ccccc1CN(C(=O)c1cccc(S(=O)(=O)NCc2cccs2)c1)C1CC1. The molecule has 1 aliphatic carbocycles. The number of hydrogen-bond donors (Lipinski definition) is 1. The van der Waals surface area contributed by atoms with Crippen LogP contribution in [0, 0.1) is 0 Å². The lowest BCUT2D eigenvalue weighted by Gasteiger charge is -2.24. The van der Waals surface area contributed by atoms with E-state index in [1.807, 2.05) is 46.7 Å². The Hall–Kier alpha value is -2.68. The number of nitrogens with one attached hydrogen (secondary N) is 1. The molecular formula is C23H24N2O4S2. The summed E-state index contributed by atoms with van der Waals surface area (Å²) in [6, 6.07) is 17.8. The van der Waals surface area contributed by atoms with Crippen molar-refractivity contribution < 1.29 is 17.9 Å². The van der Waals surface area contributed by atoms with Crippen molar-refractivity contribution in [2.75, 3.05) is 7.11 Å². The maximum atomic E-state index is 13.3. The molecule has 1 fully saturated rings. The van der Waals surface area contributed by atoms with Crippen LogP contribution in [0.5, 0.6) is 5.75 Å². The number of benzene rings is 2. The van der Waals surface area contributed by atoms with Gasteiger partial charge in [-0.15, -0.1) is 11.3 Å². The molecule has 31 heavy (non-hydrogen) atoms. The highest BCUT2D eigenvalue weighted by molar-refractivity contribution is 7.89. The monoisotopic (exact) mass is 456 g/mol. The van der Waals surface area contributed by atoms with Crippen LogP contribution in [0.4, 0.5) is 0 Å². The van der Waals surface area contributed by atoms with Crippen molar-refractivity contribution in [3.05, 3.63) is 82.0 Å². The van der Waals surface area contributed by atoms with E-state index in [0.29, 0.717) is 12.1 Å². The number of hydrogen-bond acceptors (Lipinski definition) is 5. The normalized spacial score (nSPS) is 13.7. The van der Waals surface area contributed by atoms with Crippen molar-refractivity contribution in [3.8, 4) is 5.75 Å². The number of rotatable bonds is 9. The molecule has 8 heteroatoms. The third kappa shape index (κ3) is 5.15. The Kier molecular flexibility index (Phi) is 6.41. The summed E-state index contributed by atoms with van der Waals surface area (Å²) in [6.07, 6.45) is 1.89. The van der Waals surface area contributed by atoms with Gasteiger partial charge in [0, 0.05) is 35.1 Å². The minimum Gasteiger partial charge on any atom is -0.496 e. The van der Waals surface area contributed by atoms with Gasteiger partial charge in [0.2, 0.25) is 10.0 Å². The van der Waals surface area contributed by atoms with Crippen molar-refractivity contribution in [1.29, 1.82) is 0 Å².